The van der Waals surface area contributed by atoms with Gasteiger partial charge in [0.05, 0.1) is 33.4 Å². The van der Waals surface area contributed by atoms with Crippen LogP contribution >= 0.6 is 0 Å². The molecule has 0 atom stereocenters. The lowest BCUT2D eigenvalue weighted by Crippen LogP contribution is -2.02. The summed E-state index contributed by atoms with van der Waals surface area (Å²) in [7, 11) is 0. The molecule has 0 spiro atoms. The van der Waals surface area contributed by atoms with E-state index >= 15 is 0 Å². The molecule has 0 radical (unpaired) electrons. The van der Waals surface area contributed by atoms with Gasteiger partial charge in [-0.1, -0.05) is 90.0 Å². The summed E-state index contributed by atoms with van der Waals surface area (Å²) in [6.07, 6.45) is 0. The fraction of sp³-hybridized carbons (Fsp3) is 0.111. The summed E-state index contributed by atoms with van der Waals surface area (Å²) in [6, 6.07) is 52.9. The van der Waals surface area contributed by atoms with Crippen LogP contribution in [0.5, 0.6) is 0 Å². The molecule has 0 bridgehead atoms. The van der Waals surface area contributed by atoms with E-state index in [9.17, 15) is 0 Å². The molecule has 298 valence electrons. The molecule has 11 aromatic rings. The quantitative estimate of drug-likeness (QED) is 0.166. The number of aryl methyl sites for hydroxylation is 6. The van der Waals surface area contributed by atoms with Gasteiger partial charge in [0.1, 0.15) is 23.3 Å². The molecule has 0 N–H and O–H groups in total. The maximum Gasteiger partial charge on any atom is 0.163 e. The zero-order chi connectivity index (χ0) is 42.2. The lowest BCUT2D eigenvalue weighted by molar-refractivity contribution is 0.928. The van der Waals surface area contributed by atoms with Crippen LogP contribution in [0, 0.1) is 41.5 Å². The van der Waals surface area contributed by atoms with Gasteiger partial charge in [0.2, 0.25) is 0 Å². The van der Waals surface area contributed by atoms with Crippen LogP contribution in [0.25, 0.3) is 100 Å². The number of nitrogens with zero attached hydrogens (tertiary/aromatic N) is 8. The van der Waals surface area contributed by atoms with Gasteiger partial charge in [-0.3, -0.25) is 0 Å². The number of hydrogen-bond acceptors (Lipinski definition) is 6. The molecule has 0 saturated heterocycles. The minimum atomic E-state index is 0.653. The number of para-hydroxylation sites is 2. The normalized spacial score (nSPS) is 11.7. The predicted molar refractivity (Wildman–Crippen MR) is 252 cm³/mol. The van der Waals surface area contributed by atoms with Crippen molar-refractivity contribution >= 4 is 43.6 Å². The van der Waals surface area contributed by atoms with Crippen molar-refractivity contribution in [1.82, 2.24) is 39.0 Å². The molecule has 0 unspecified atom stereocenters. The molecule has 0 amide bonds. The number of aromatic nitrogens is 8. The smallest absolute Gasteiger partial charge is 0.163 e. The van der Waals surface area contributed by atoms with Gasteiger partial charge in [-0.05, 0) is 119 Å². The maximum absolute atomic E-state index is 4.80. The minimum absolute atomic E-state index is 0.653. The largest absolute Gasteiger partial charge is 0.309 e. The van der Waals surface area contributed by atoms with Crippen LogP contribution in [0.4, 0.5) is 0 Å². The van der Waals surface area contributed by atoms with Crippen LogP contribution in [-0.4, -0.2) is 39.0 Å². The highest BCUT2D eigenvalue weighted by molar-refractivity contribution is 6.11. The Balaban J connectivity index is 1.18. The van der Waals surface area contributed by atoms with Crippen LogP contribution in [0.3, 0.4) is 0 Å². The van der Waals surface area contributed by atoms with Crippen LogP contribution in [-0.2, 0) is 0 Å². The van der Waals surface area contributed by atoms with E-state index in [1.165, 1.54) is 32.7 Å². The molecule has 8 nitrogen and oxygen atoms in total. The van der Waals surface area contributed by atoms with Gasteiger partial charge >= 0.3 is 0 Å². The highest BCUT2D eigenvalue weighted by atomic mass is 15.0. The first-order chi connectivity index (χ1) is 30.2. The number of benzene rings is 7. The van der Waals surface area contributed by atoms with Gasteiger partial charge in [0, 0.05) is 43.8 Å². The van der Waals surface area contributed by atoms with Gasteiger partial charge < -0.3 is 9.13 Å². The molecule has 4 heterocycles. The molecule has 8 heteroatoms. The first-order valence-electron chi connectivity index (χ1n) is 21.0. The van der Waals surface area contributed by atoms with Crippen molar-refractivity contribution in [2.75, 3.05) is 0 Å². The Bertz CT molecular complexity index is 3570. The molecule has 0 aliphatic rings. The van der Waals surface area contributed by atoms with E-state index in [0.29, 0.717) is 34.9 Å². The SMILES string of the molecule is Cc1ccc2c(c1)c1ccccc1n2-c1ccc(-c2nc(C)nc(C)n2)cc1-c1cccc(-c2ccc(-c3nc(C)nc(C)n3)cc2-n2c3ccccc3c3cc(C)ccc32)c1. The van der Waals surface area contributed by atoms with Crippen molar-refractivity contribution in [2.24, 2.45) is 0 Å². The Morgan fingerprint density at radius 2 is 0.774 bits per heavy atom. The Morgan fingerprint density at radius 3 is 1.34 bits per heavy atom. The molecule has 0 aliphatic heterocycles. The van der Waals surface area contributed by atoms with Crippen molar-refractivity contribution < 1.29 is 0 Å². The van der Waals surface area contributed by atoms with Crippen molar-refractivity contribution in [2.45, 2.75) is 41.5 Å². The average Bonchev–Trinajstić information content (AvgIpc) is 3.77. The Labute approximate surface area is 359 Å². The minimum Gasteiger partial charge on any atom is -0.309 e. The van der Waals surface area contributed by atoms with Gasteiger partial charge in [0.15, 0.2) is 11.6 Å². The summed E-state index contributed by atoms with van der Waals surface area (Å²) < 4.78 is 4.80. The maximum atomic E-state index is 4.80. The van der Waals surface area contributed by atoms with Gasteiger partial charge in [0.25, 0.3) is 0 Å². The van der Waals surface area contributed by atoms with Crippen LogP contribution in [0.1, 0.15) is 34.4 Å². The van der Waals surface area contributed by atoms with E-state index in [4.69, 9.17) is 19.9 Å². The fourth-order valence-corrected chi connectivity index (χ4v) is 9.24. The van der Waals surface area contributed by atoms with E-state index in [2.05, 4.69) is 179 Å². The zero-order valence-electron chi connectivity index (χ0n) is 35.4. The highest BCUT2D eigenvalue weighted by Gasteiger charge is 2.21. The first kappa shape index (κ1) is 37.2. The van der Waals surface area contributed by atoms with E-state index < -0.39 is 0 Å². The first-order valence-corrected chi connectivity index (χ1v) is 21.0. The summed E-state index contributed by atoms with van der Waals surface area (Å²) in [5, 5.41) is 4.86. The summed E-state index contributed by atoms with van der Waals surface area (Å²) in [6.45, 7) is 12.0. The fourth-order valence-electron chi connectivity index (χ4n) is 9.24. The molecular weight excluding hydrogens is 761 g/mol. The summed E-state index contributed by atoms with van der Waals surface area (Å²) in [4.78, 5) is 28.2. The third-order valence-electron chi connectivity index (χ3n) is 11.9. The Morgan fingerprint density at radius 1 is 0.306 bits per heavy atom. The molecule has 62 heavy (non-hydrogen) atoms. The van der Waals surface area contributed by atoms with Crippen LogP contribution < -0.4 is 0 Å². The molecule has 11 rings (SSSR count). The third-order valence-corrected chi connectivity index (χ3v) is 11.9. The average molecular weight is 803 g/mol. The van der Waals surface area contributed by atoms with Gasteiger partial charge in [-0.25, -0.2) is 29.9 Å². The lowest BCUT2D eigenvalue weighted by atomic mass is 9.94. The van der Waals surface area contributed by atoms with Crippen LogP contribution in [0.2, 0.25) is 0 Å². The molecule has 0 fully saturated rings. The van der Waals surface area contributed by atoms with E-state index in [-0.39, 0.29) is 0 Å². The summed E-state index contributed by atoms with van der Waals surface area (Å²) >= 11 is 0. The highest BCUT2D eigenvalue weighted by Crippen LogP contribution is 2.42. The molecule has 0 aliphatic carbocycles. The topological polar surface area (TPSA) is 87.2 Å². The van der Waals surface area contributed by atoms with Crippen molar-refractivity contribution in [3.63, 3.8) is 0 Å². The van der Waals surface area contributed by atoms with Gasteiger partial charge in [-0.15, -0.1) is 0 Å². The molecule has 4 aromatic heterocycles. The number of rotatable bonds is 6. The molecule has 0 saturated carbocycles. The third kappa shape index (κ3) is 6.22. The second kappa shape index (κ2) is 14.4. The number of hydrogen-bond donors (Lipinski definition) is 0. The van der Waals surface area contributed by atoms with Crippen molar-refractivity contribution in [1.29, 1.82) is 0 Å². The lowest BCUT2D eigenvalue weighted by Gasteiger charge is -2.18. The van der Waals surface area contributed by atoms with Crippen molar-refractivity contribution in [3.05, 3.63) is 180 Å². The molecular formula is C54H42N8. The second-order valence-corrected chi connectivity index (χ2v) is 16.3. The Hall–Kier alpha value is -7.84. The standard InChI is InChI=1S/C54H42N8/c1-31-18-23-50-45(26-31)42-14-7-9-16-47(42)61(50)49-25-21-39(53-57-33(3)55-34(4)58-53)29-44(49)38-13-11-12-37(28-38)41-22-20-40(54-59-35(5)56-36(6)60-54)30-52(41)62-48-17-10-8-15-43(48)46-27-32(2)19-24-51(46)62/h7-30H,1-6H3. The van der Waals surface area contributed by atoms with Crippen molar-refractivity contribution in [3.8, 4) is 56.4 Å². The van der Waals surface area contributed by atoms with E-state index in [1.807, 2.05) is 27.7 Å². The Kier molecular flexibility index (Phi) is 8.65. The predicted octanol–water partition coefficient (Wildman–Crippen LogP) is 12.8. The van der Waals surface area contributed by atoms with Crippen LogP contribution in [0.15, 0.2) is 146 Å². The van der Waals surface area contributed by atoms with Gasteiger partial charge in [-0.2, -0.15) is 0 Å². The molecule has 7 aromatic carbocycles. The zero-order valence-corrected chi connectivity index (χ0v) is 35.4. The summed E-state index contributed by atoms with van der Waals surface area (Å²) in [5.41, 5.74) is 15.2. The second-order valence-electron chi connectivity index (χ2n) is 16.3. The number of fused-ring (bicyclic) bond motifs is 6. The summed E-state index contributed by atoms with van der Waals surface area (Å²) in [5.74, 6) is 4.07. The van der Waals surface area contributed by atoms with E-state index in [0.717, 1.165) is 66.8 Å². The van der Waals surface area contributed by atoms with E-state index in [1.54, 1.807) is 0 Å². The monoisotopic (exact) mass is 802 g/mol.